The van der Waals surface area contributed by atoms with Crippen LogP contribution in [0.2, 0.25) is 0 Å². The Morgan fingerprint density at radius 2 is 0.940 bits per heavy atom. The molecule has 0 unspecified atom stereocenters. The molecule has 50 heavy (non-hydrogen) atoms. The van der Waals surface area contributed by atoms with Gasteiger partial charge in [0.15, 0.2) is 0 Å². The van der Waals surface area contributed by atoms with Crippen LogP contribution in [0.3, 0.4) is 0 Å². The molecule has 8 aromatic rings. The van der Waals surface area contributed by atoms with Crippen LogP contribution in [0.1, 0.15) is 49.9 Å². The fourth-order valence-corrected chi connectivity index (χ4v) is 9.07. The number of fused-ring (bicyclic) bond motifs is 9. The summed E-state index contributed by atoms with van der Waals surface area (Å²) in [6, 6.07) is 55.4. The molecule has 7 aromatic carbocycles. The zero-order chi connectivity index (χ0) is 33.8. The molecular weight excluding hydrogens is 607 g/mol. The van der Waals surface area contributed by atoms with Crippen molar-refractivity contribution in [2.24, 2.45) is 0 Å². The fraction of sp³-hybridized carbons (Fsp3) is 0.125. The van der Waals surface area contributed by atoms with Crippen molar-refractivity contribution in [2.45, 2.75) is 38.5 Å². The highest BCUT2D eigenvalue weighted by Gasteiger charge is 2.41. The summed E-state index contributed by atoms with van der Waals surface area (Å²) in [5, 5.41) is 2.23. The average molecular weight is 644 g/mol. The highest BCUT2D eigenvalue weighted by atomic mass is 16.3. The van der Waals surface area contributed by atoms with Gasteiger partial charge in [-0.2, -0.15) is 0 Å². The number of nitrogens with zero attached hydrogens (tertiary/aromatic N) is 1. The van der Waals surface area contributed by atoms with Crippen LogP contribution in [0.5, 0.6) is 0 Å². The summed E-state index contributed by atoms with van der Waals surface area (Å²) in [5.74, 6) is 0. The predicted molar refractivity (Wildman–Crippen MR) is 209 cm³/mol. The van der Waals surface area contributed by atoms with E-state index in [0.29, 0.717) is 0 Å². The SMILES string of the molecule is CC1(C)c2ccccc2-c2c(N(c3cccc4c3-c3ccccc3C4(C)C)c3ccc(-c4ccccc4)c4oc5ccccc5c34)cccc21. The molecule has 0 spiro atoms. The Hall–Kier alpha value is -5.86. The molecule has 0 saturated carbocycles. The van der Waals surface area contributed by atoms with E-state index in [9.17, 15) is 0 Å². The second-order valence-corrected chi connectivity index (χ2v) is 14.9. The van der Waals surface area contributed by atoms with Crippen molar-refractivity contribution in [1.82, 2.24) is 0 Å². The summed E-state index contributed by atoms with van der Waals surface area (Å²) in [6.45, 7) is 9.45. The van der Waals surface area contributed by atoms with E-state index < -0.39 is 0 Å². The monoisotopic (exact) mass is 643 g/mol. The van der Waals surface area contributed by atoms with Crippen LogP contribution in [0, 0.1) is 0 Å². The molecule has 0 N–H and O–H groups in total. The Morgan fingerprint density at radius 3 is 1.56 bits per heavy atom. The summed E-state index contributed by atoms with van der Waals surface area (Å²) in [6.07, 6.45) is 0. The molecule has 2 aliphatic carbocycles. The van der Waals surface area contributed by atoms with Gasteiger partial charge < -0.3 is 9.32 Å². The highest BCUT2D eigenvalue weighted by Crippen LogP contribution is 2.59. The molecule has 2 aliphatic rings. The number of hydrogen-bond donors (Lipinski definition) is 0. The zero-order valence-corrected chi connectivity index (χ0v) is 28.8. The number of anilines is 3. The Labute approximate surface area is 293 Å². The Bertz CT molecular complexity index is 2550. The van der Waals surface area contributed by atoms with Crippen LogP contribution in [0.25, 0.3) is 55.3 Å². The van der Waals surface area contributed by atoms with Gasteiger partial charge >= 0.3 is 0 Å². The molecule has 240 valence electrons. The lowest BCUT2D eigenvalue weighted by molar-refractivity contribution is 0.660. The lowest BCUT2D eigenvalue weighted by Crippen LogP contribution is -2.17. The minimum Gasteiger partial charge on any atom is -0.455 e. The van der Waals surface area contributed by atoms with Gasteiger partial charge in [-0.25, -0.2) is 0 Å². The van der Waals surface area contributed by atoms with Gasteiger partial charge in [0.1, 0.15) is 11.2 Å². The normalized spacial score (nSPS) is 14.7. The van der Waals surface area contributed by atoms with Crippen LogP contribution < -0.4 is 4.90 Å². The van der Waals surface area contributed by atoms with E-state index in [2.05, 4.69) is 184 Å². The average Bonchev–Trinajstić information content (AvgIpc) is 3.73. The molecule has 0 saturated heterocycles. The number of para-hydroxylation sites is 1. The van der Waals surface area contributed by atoms with Crippen molar-refractivity contribution in [3.8, 4) is 33.4 Å². The Balaban J connectivity index is 1.36. The molecule has 0 aliphatic heterocycles. The van der Waals surface area contributed by atoms with E-state index in [0.717, 1.165) is 38.8 Å². The van der Waals surface area contributed by atoms with Gasteiger partial charge in [-0.15, -0.1) is 0 Å². The van der Waals surface area contributed by atoms with Crippen LogP contribution in [0.15, 0.2) is 156 Å². The maximum absolute atomic E-state index is 6.84. The van der Waals surface area contributed by atoms with Crippen molar-refractivity contribution < 1.29 is 4.42 Å². The van der Waals surface area contributed by atoms with Crippen molar-refractivity contribution in [3.63, 3.8) is 0 Å². The smallest absolute Gasteiger partial charge is 0.145 e. The maximum Gasteiger partial charge on any atom is 0.145 e. The Morgan fingerprint density at radius 1 is 0.420 bits per heavy atom. The summed E-state index contributed by atoms with van der Waals surface area (Å²) in [4.78, 5) is 2.55. The third-order valence-corrected chi connectivity index (χ3v) is 11.5. The van der Waals surface area contributed by atoms with Crippen LogP contribution in [-0.4, -0.2) is 0 Å². The predicted octanol–water partition coefficient (Wildman–Crippen LogP) is 13.3. The Kier molecular flexibility index (Phi) is 6.01. The lowest BCUT2D eigenvalue weighted by atomic mass is 9.82. The minimum atomic E-state index is -0.129. The molecule has 0 bridgehead atoms. The molecule has 1 heterocycles. The molecule has 1 aromatic heterocycles. The van der Waals surface area contributed by atoms with E-state index in [1.807, 2.05) is 0 Å². The quantitative estimate of drug-likeness (QED) is 0.190. The topological polar surface area (TPSA) is 16.4 Å². The number of furan rings is 1. The van der Waals surface area contributed by atoms with E-state index in [1.54, 1.807) is 0 Å². The van der Waals surface area contributed by atoms with Crippen LogP contribution in [-0.2, 0) is 10.8 Å². The first-order chi connectivity index (χ1) is 24.4. The van der Waals surface area contributed by atoms with Crippen LogP contribution >= 0.6 is 0 Å². The molecular formula is C48H37NO. The molecule has 2 nitrogen and oxygen atoms in total. The minimum absolute atomic E-state index is 0.129. The van der Waals surface area contributed by atoms with Crippen molar-refractivity contribution in [1.29, 1.82) is 0 Å². The maximum atomic E-state index is 6.84. The van der Waals surface area contributed by atoms with Crippen LogP contribution in [0.4, 0.5) is 17.1 Å². The second-order valence-electron chi connectivity index (χ2n) is 14.9. The summed E-state index contributed by atoms with van der Waals surface area (Å²) < 4.78 is 6.84. The van der Waals surface area contributed by atoms with Crippen molar-refractivity contribution in [3.05, 3.63) is 174 Å². The van der Waals surface area contributed by atoms with E-state index in [-0.39, 0.29) is 10.8 Å². The van der Waals surface area contributed by atoms with Crippen molar-refractivity contribution >= 4 is 39.0 Å². The number of rotatable bonds is 4. The van der Waals surface area contributed by atoms with Gasteiger partial charge in [-0.3, -0.25) is 0 Å². The van der Waals surface area contributed by atoms with Gasteiger partial charge in [0.25, 0.3) is 0 Å². The largest absolute Gasteiger partial charge is 0.455 e. The third kappa shape index (κ3) is 3.85. The number of benzene rings is 7. The highest BCUT2D eigenvalue weighted by molar-refractivity contribution is 6.18. The van der Waals surface area contributed by atoms with Gasteiger partial charge in [0, 0.05) is 32.9 Å². The molecule has 0 atom stereocenters. The van der Waals surface area contributed by atoms with Gasteiger partial charge in [-0.05, 0) is 69.3 Å². The molecule has 2 heteroatoms. The fourth-order valence-electron chi connectivity index (χ4n) is 9.07. The second kappa shape index (κ2) is 10.3. The van der Waals surface area contributed by atoms with E-state index >= 15 is 0 Å². The van der Waals surface area contributed by atoms with Gasteiger partial charge in [0.2, 0.25) is 0 Å². The number of hydrogen-bond acceptors (Lipinski definition) is 2. The van der Waals surface area contributed by atoms with E-state index in [1.165, 1.54) is 55.9 Å². The van der Waals surface area contributed by atoms with E-state index in [4.69, 9.17) is 4.42 Å². The summed E-state index contributed by atoms with van der Waals surface area (Å²) in [7, 11) is 0. The third-order valence-electron chi connectivity index (χ3n) is 11.5. The lowest BCUT2D eigenvalue weighted by Gasteiger charge is -2.31. The standard InChI is InChI=1S/C48H37NO/c1-47(2)35-21-11-8-18-32(35)43-37(47)23-14-25-39(43)49(40-26-15-24-38-44(40)33-19-9-12-22-36(33)48(38,3)4)41-29-28-31(30-16-6-5-7-17-30)46-45(41)34-20-10-13-27-42(34)50-46/h5-29H,1-4H3. The first-order valence-corrected chi connectivity index (χ1v) is 17.6. The molecule has 10 rings (SSSR count). The first-order valence-electron chi connectivity index (χ1n) is 17.6. The molecule has 0 radical (unpaired) electrons. The first kappa shape index (κ1) is 29.1. The zero-order valence-electron chi connectivity index (χ0n) is 28.8. The van der Waals surface area contributed by atoms with Gasteiger partial charge in [-0.1, -0.05) is 149 Å². The van der Waals surface area contributed by atoms with Crippen molar-refractivity contribution in [2.75, 3.05) is 4.90 Å². The molecule has 0 amide bonds. The molecule has 0 fully saturated rings. The summed E-state index contributed by atoms with van der Waals surface area (Å²) in [5.41, 5.74) is 17.9. The van der Waals surface area contributed by atoms with Gasteiger partial charge in [0.05, 0.1) is 22.4 Å². The summed E-state index contributed by atoms with van der Waals surface area (Å²) >= 11 is 0.